The molecule has 5 N–H and O–H groups in total. The third-order valence-corrected chi connectivity index (χ3v) is 2.64. The molecule has 0 fully saturated rings. The normalized spacial score (nSPS) is 11.7. The van der Waals surface area contributed by atoms with Gasteiger partial charge in [-0.3, -0.25) is 9.48 Å². The smallest absolute Gasteiger partial charge is 0.326 e. The maximum absolute atomic E-state index is 11.6. The third kappa shape index (κ3) is 4.96. The maximum atomic E-state index is 11.6. The highest BCUT2D eigenvalue weighted by molar-refractivity contribution is 5.83. The van der Waals surface area contributed by atoms with Crippen LogP contribution in [0.2, 0.25) is 0 Å². The Morgan fingerprint density at radius 1 is 1.50 bits per heavy atom. The fourth-order valence-electron chi connectivity index (χ4n) is 1.50. The number of carbonyl (C=O) groups excluding carboxylic acids is 2. The summed E-state index contributed by atoms with van der Waals surface area (Å²) in [7, 11) is 1.72. The number of rotatable bonds is 7. The van der Waals surface area contributed by atoms with E-state index in [9.17, 15) is 14.4 Å². The average Bonchev–Trinajstić information content (AvgIpc) is 2.77. The number of carboxylic acids is 1. The molecule has 0 saturated carbocycles. The molecule has 9 nitrogen and oxygen atoms in total. The number of urea groups is 1. The van der Waals surface area contributed by atoms with Gasteiger partial charge in [0.2, 0.25) is 5.91 Å². The molecule has 110 valence electrons. The molecule has 0 spiro atoms. The summed E-state index contributed by atoms with van der Waals surface area (Å²) < 4.78 is 1.59. The summed E-state index contributed by atoms with van der Waals surface area (Å²) in [6, 6.07) is -0.0701. The minimum Gasteiger partial charge on any atom is -0.480 e. The first-order chi connectivity index (χ1) is 9.40. The standard InChI is InChI=1S/C11H17N5O4/c1-16-7(4-5-14-16)6-13-11(20)15-8(10(18)19)2-3-9(12)17/h4-5,8H,2-3,6H2,1H3,(H2,12,17)(H,18,19)(H2,13,15,20). The van der Waals surface area contributed by atoms with Crippen LogP contribution in [0.25, 0.3) is 0 Å². The van der Waals surface area contributed by atoms with Crippen molar-refractivity contribution in [3.05, 3.63) is 18.0 Å². The third-order valence-electron chi connectivity index (χ3n) is 2.64. The maximum Gasteiger partial charge on any atom is 0.326 e. The number of aryl methyl sites for hydroxylation is 1. The Morgan fingerprint density at radius 2 is 2.20 bits per heavy atom. The fraction of sp³-hybridized carbons (Fsp3) is 0.455. The van der Waals surface area contributed by atoms with Gasteiger partial charge in [-0.25, -0.2) is 9.59 Å². The van der Waals surface area contributed by atoms with Gasteiger partial charge in [0, 0.05) is 19.7 Å². The number of carboxylic acid groups (broad SMARTS) is 1. The zero-order valence-electron chi connectivity index (χ0n) is 11.0. The molecule has 0 saturated heterocycles. The van der Waals surface area contributed by atoms with Crippen LogP contribution in [0.1, 0.15) is 18.5 Å². The molecular formula is C11H17N5O4. The zero-order chi connectivity index (χ0) is 15.1. The van der Waals surface area contributed by atoms with Gasteiger partial charge < -0.3 is 21.5 Å². The highest BCUT2D eigenvalue weighted by Crippen LogP contribution is 1.98. The van der Waals surface area contributed by atoms with Gasteiger partial charge in [-0.1, -0.05) is 0 Å². The molecule has 1 atom stereocenters. The van der Waals surface area contributed by atoms with Crippen molar-refractivity contribution in [3.8, 4) is 0 Å². The van der Waals surface area contributed by atoms with Crippen molar-refractivity contribution < 1.29 is 19.5 Å². The number of hydrogen-bond acceptors (Lipinski definition) is 4. The second-order valence-electron chi connectivity index (χ2n) is 4.17. The Kier molecular flexibility index (Phi) is 5.51. The van der Waals surface area contributed by atoms with Gasteiger partial charge in [0.05, 0.1) is 12.2 Å². The van der Waals surface area contributed by atoms with Gasteiger partial charge in [-0.05, 0) is 12.5 Å². The highest BCUT2D eigenvalue weighted by Gasteiger charge is 2.20. The molecule has 0 radical (unpaired) electrons. The fourth-order valence-corrected chi connectivity index (χ4v) is 1.50. The van der Waals surface area contributed by atoms with E-state index in [4.69, 9.17) is 10.8 Å². The number of nitrogens with two attached hydrogens (primary N) is 1. The van der Waals surface area contributed by atoms with Gasteiger partial charge in [0.15, 0.2) is 0 Å². The summed E-state index contributed by atoms with van der Waals surface area (Å²) in [5.41, 5.74) is 5.71. The minimum atomic E-state index is -1.22. The number of hydrogen-bond donors (Lipinski definition) is 4. The first-order valence-corrected chi connectivity index (χ1v) is 5.92. The molecule has 1 heterocycles. The van der Waals surface area contributed by atoms with Crippen molar-refractivity contribution in [2.24, 2.45) is 12.8 Å². The molecule has 0 aliphatic rings. The first kappa shape index (κ1) is 15.5. The zero-order valence-corrected chi connectivity index (χ0v) is 11.0. The Morgan fingerprint density at radius 3 is 2.70 bits per heavy atom. The quantitative estimate of drug-likeness (QED) is 0.505. The van der Waals surface area contributed by atoms with Gasteiger partial charge >= 0.3 is 12.0 Å². The number of nitrogens with one attached hydrogen (secondary N) is 2. The van der Waals surface area contributed by atoms with Crippen molar-refractivity contribution >= 4 is 17.9 Å². The van der Waals surface area contributed by atoms with E-state index in [2.05, 4.69) is 15.7 Å². The van der Waals surface area contributed by atoms with Gasteiger partial charge in [-0.15, -0.1) is 0 Å². The first-order valence-electron chi connectivity index (χ1n) is 5.92. The van der Waals surface area contributed by atoms with Crippen LogP contribution >= 0.6 is 0 Å². The number of aliphatic carboxylic acids is 1. The number of aromatic nitrogens is 2. The molecule has 3 amide bonds. The molecule has 20 heavy (non-hydrogen) atoms. The Hall–Kier alpha value is -2.58. The van der Waals surface area contributed by atoms with E-state index in [1.165, 1.54) is 0 Å². The van der Waals surface area contributed by atoms with Crippen LogP contribution in [0.5, 0.6) is 0 Å². The lowest BCUT2D eigenvalue weighted by Crippen LogP contribution is -2.46. The molecule has 0 bridgehead atoms. The average molecular weight is 283 g/mol. The summed E-state index contributed by atoms with van der Waals surface area (Å²) >= 11 is 0. The van der Waals surface area contributed by atoms with Crippen LogP contribution in [0.3, 0.4) is 0 Å². The number of primary amides is 1. The van der Waals surface area contributed by atoms with Crippen LogP contribution in [0, 0.1) is 0 Å². The van der Waals surface area contributed by atoms with Crippen molar-refractivity contribution in [2.45, 2.75) is 25.4 Å². The number of amides is 3. The predicted octanol–water partition coefficient (Wildman–Crippen LogP) is -1.06. The van der Waals surface area contributed by atoms with Crippen molar-refractivity contribution in [3.63, 3.8) is 0 Å². The summed E-state index contributed by atoms with van der Waals surface area (Å²) in [4.78, 5) is 33.1. The van der Waals surface area contributed by atoms with Crippen LogP contribution in [0.15, 0.2) is 12.3 Å². The number of nitrogens with zero attached hydrogens (tertiary/aromatic N) is 2. The van der Waals surface area contributed by atoms with E-state index in [1.807, 2.05) is 0 Å². The monoisotopic (exact) mass is 283 g/mol. The van der Waals surface area contributed by atoms with E-state index < -0.39 is 23.9 Å². The lowest BCUT2D eigenvalue weighted by Gasteiger charge is -2.14. The second-order valence-corrected chi connectivity index (χ2v) is 4.17. The van der Waals surface area contributed by atoms with Gasteiger partial charge in [0.25, 0.3) is 0 Å². The SMILES string of the molecule is Cn1nccc1CNC(=O)NC(CCC(N)=O)C(=O)O. The Labute approximate surface area is 115 Å². The summed E-state index contributed by atoms with van der Waals surface area (Å²) in [6.07, 6.45) is 1.42. The minimum absolute atomic E-state index is 0.0518. The van der Waals surface area contributed by atoms with E-state index >= 15 is 0 Å². The second kappa shape index (κ2) is 7.12. The molecule has 1 aromatic heterocycles. The molecule has 1 unspecified atom stereocenters. The summed E-state index contributed by atoms with van der Waals surface area (Å²) in [5.74, 6) is -1.84. The molecule has 1 aromatic rings. The lowest BCUT2D eigenvalue weighted by atomic mass is 10.1. The van der Waals surface area contributed by atoms with Crippen molar-refractivity contribution in [1.29, 1.82) is 0 Å². The molecular weight excluding hydrogens is 266 g/mol. The molecule has 0 aliphatic carbocycles. The van der Waals surface area contributed by atoms with Crippen molar-refractivity contribution in [2.75, 3.05) is 0 Å². The molecule has 0 aromatic carbocycles. The van der Waals surface area contributed by atoms with E-state index in [0.29, 0.717) is 0 Å². The Balaban J connectivity index is 2.43. The summed E-state index contributed by atoms with van der Waals surface area (Å²) in [6.45, 7) is 0.213. The van der Waals surface area contributed by atoms with E-state index in [-0.39, 0.29) is 19.4 Å². The van der Waals surface area contributed by atoms with Gasteiger partial charge in [0.1, 0.15) is 6.04 Å². The highest BCUT2D eigenvalue weighted by atomic mass is 16.4. The Bertz CT molecular complexity index is 499. The predicted molar refractivity (Wildman–Crippen MR) is 68.4 cm³/mol. The molecule has 0 aliphatic heterocycles. The largest absolute Gasteiger partial charge is 0.480 e. The summed E-state index contributed by atoms with van der Waals surface area (Å²) in [5, 5.41) is 17.6. The van der Waals surface area contributed by atoms with E-state index in [0.717, 1.165) is 5.69 Å². The van der Waals surface area contributed by atoms with Crippen LogP contribution in [0.4, 0.5) is 4.79 Å². The lowest BCUT2D eigenvalue weighted by molar-refractivity contribution is -0.139. The van der Waals surface area contributed by atoms with Gasteiger partial charge in [-0.2, -0.15) is 5.10 Å². The van der Waals surface area contributed by atoms with E-state index in [1.54, 1.807) is 24.0 Å². The van der Waals surface area contributed by atoms with Crippen LogP contribution in [-0.2, 0) is 23.2 Å². The van der Waals surface area contributed by atoms with Crippen molar-refractivity contribution in [1.82, 2.24) is 20.4 Å². The molecule has 1 rings (SSSR count). The number of carbonyl (C=O) groups is 3. The topological polar surface area (TPSA) is 139 Å². The van der Waals surface area contributed by atoms with Crippen LogP contribution < -0.4 is 16.4 Å². The van der Waals surface area contributed by atoms with Crippen LogP contribution in [-0.4, -0.2) is 38.8 Å². The molecule has 9 heteroatoms.